The molecule has 3 heterocycles. The minimum Gasteiger partial charge on any atom is -0.496 e. The number of hydrogen-bond acceptors (Lipinski definition) is 8. The Kier molecular flexibility index (Phi) is 8.14. The van der Waals surface area contributed by atoms with Crippen LogP contribution in [-0.2, 0) is 4.74 Å². The number of imidazole rings is 1. The van der Waals surface area contributed by atoms with Gasteiger partial charge in [0, 0.05) is 42.3 Å². The summed E-state index contributed by atoms with van der Waals surface area (Å²) in [5, 5.41) is 4.83. The van der Waals surface area contributed by atoms with Gasteiger partial charge in [-0.25, -0.2) is 9.97 Å². The van der Waals surface area contributed by atoms with Crippen LogP contribution >= 0.6 is 0 Å². The van der Waals surface area contributed by atoms with Gasteiger partial charge in [-0.1, -0.05) is 18.9 Å². The first-order valence-corrected chi connectivity index (χ1v) is 13.3. The van der Waals surface area contributed by atoms with E-state index < -0.39 is 0 Å². The van der Waals surface area contributed by atoms with Crippen LogP contribution in [0, 0.1) is 6.92 Å². The largest absolute Gasteiger partial charge is 0.496 e. The van der Waals surface area contributed by atoms with Crippen LogP contribution in [0.15, 0.2) is 47.3 Å². The van der Waals surface area contributed by atoms with Crippen molar-refractivity contribution in [1.29, 1.82) is 0 Å². The van der Waals surface area contributed by atoms with E-state index in [4.69, 9.17) is 18.9 Å². The van der Waals surface area contributed by atoms with Crippen molar-refractivity contribution in [3.8, 4) is 17.0 Å². The Labute approximate surface area is 222 Å². The van der Waals surface area contributed by atoms with Crippen molar-refractivity contribution >= 4 is 16.7 Å². The predicted octanol–water partition coefficient (Wildman–Crippen LogP) is 5.57. The molecule has 1 saturated carbocycles. The number of aromatic nitrogens is 4. The number of fused-ring (bicyclic) bond motifs is 1. The van der Waals surface area contributed by atoms with Crippen molar-refractivity contribution in [2.45, 2.75) is 70.1 Å². The van der Waals surface area contributed by atoms with Crippen LogP contribution in [-0.4, -0.2) is 52.1 Å². The van der Waals surface area contributed by atoms with E-state index in [9.17, 15) is 4.79 Å². The first-order valence-electron chi connectivity index (χ1n) is 13.3. The molecule has 1 aliphatic rings. The second-order valence-corrected chi connectivity index (χ2v) is 9.98. The summed E-state index contributed by atoms with van der Waals surface area (Å²) in [5.74, 6) is 1.81. The highest BCUT2D eigenvalue weighted by Crippen LogP contribution is 2.34. The van der Waals surface area contributed by atoms with E-state index in [2.05, 4.69) is 32.4 Å². The number of hydrogen-bond donors (Lipinski definition) is 2. The fraction of sp³-hybridized carbons (Fsp3) is 0.448. The maximum atomic E-state index is 12.2. The number of H-pyrrole nitrogens is 1. The summed E-state index contributed by atoms with van der Waals surface area (Å²) in [4.78, 5) is 29.1. The van der Waals surface area contributed by atoms with Gasteiger partial charge in [0.25, 0.3) is 5.89 Å². The average Bonchev–Trinajstić information content (AvgIpc) is 3.61. The molecule has 1 aliphatic carbocycles. The Bertz CT molecular complexity index is 1360. The summed E-state index contributed by atoms with van der Waals surface area (Å²) in [6, 6.07) is 8.64. The number of nitrogens with one attached hydrogen (secondary N) is 2. The number of Topliss-reactive ketones (excluding diaryl/α,β-unsaturated/α-hetero) is 1. The van der Waals surface area contributed by atoms with Crippen LogP contribution in [0.1, 0.15) is 73.2 Å². The lowest BCUT2D eigenvalue weighted by Crippen LogP contribution is -2.46. The molecule has 200 valence electrons. The number of rotatable bonds is 13. The molecular formula is C29H35N5O4. The Balaban J connectivity index is 1.27. The quantitative estimate of drug-likeness (QED) is 0.175. The van der Waals surface area contributed by atoms with Crippen LogP contribution in [0.5, 0.6) is 5.75 Å². The topological polar surface area (TPSA) is 115 Å². The summed E-state index contributed by atoms with van der Waals surface area (Å²) >= 11 is 0. The number of oxazole rings is 1. The number of methoxy groups -OCH3 is 2. The highest BCUT2D eigenvalue weighted by molar-refractivity contribution is 5.91. The molecule has 0 saturated heterocycles. The maximum Gasteiger partial charge on any atom is 0.263 e. The van der Waals surface area contributed by atoms with Crippen molar-refractivity contribution in [2.75, 3.05) is 14.2 Å². The standard InChI is InChI=1S/C29H35N5O4/c1-18-9-10-19-13-22(27(37-3)16-24(19)32-18)25-17-31-28(34-25)23(33-20-14-21(15-20)36-2)7-5-4-6-8-26(35)29-30-11-12-38-29/h9-13,16-17,20-21,23,33H,4-8,14-15H2,1-3H3,(H,31,34)/t20?,21?,23-/m0/s1. The van der Waals surface area contributed by atoms with Gasteiger partial charge < -0.3 is 24.2 Å². The molecule has 0 bridgehead atoms. The van der Waals surface area contributed by atoms with E-state index in [1.807, 2.05) is 25.3 Å². The summed E-state index contributed by atoms with van der Waals surface area (Å²) < 4.78 is 16.3. The number of aromatic amines is 1. The lowest BCUT2D eigenvalue weighted by atomic mass is 9.88. The normalized spacial score (nSPS) is 17.9. The van der Waals surface area contributed by atoms with Crippen LogP contribution in [0.2, 0.25) is 0 Å². The molecule has 0 radical (unpaired) electrons. The molecular weight excluding hydrogens is 482 g/mol. The van der Waals surface area contributed by atoms with Gasteiger partial charge in [-0.15, -0.1) is 0 Å². The van der Waals surface area contributed by atoms with E-state index >= 15 is 0 Å². The monoisotopic (exact) mass is 517 g/mol. The van der Waals surface area contributed by atoms with E-state index in [0.29, 0.717) is 18.6 Å². The number of unbranched alkanes of at least 4 members (excludes halogenated alkanes) is 2. The molecule has 0 aliphatic heterocycles. The lowest BCUT2D eigenvalue weighted by molar-refractivity contribution is 0.0134. The fourth-order valence-corrected chi connectivity index (χ4v) is 5.04. The zero-order chi connectivity index (χ0) is 26.5. The number of benzene rings is 1. The van der Waals surface area contributed by atoms with Crippen molar-refractivity contribution in [3.05, 3.63) is 60.3 Å². The molecule has 1 fully saturated rings. The van der Waals surface area contributed by atoms with Crippen LogP contribution < -0.4 is 10.1 Å². The molecule has 1 atom stereocenters. The first kappa shape index (κ1) is 26.1. The highest BCUT2D eigenvalue weighted by Gasteiger charge is 2.31. The number of ether oxygens (including phenoxy) is 2. The van der Waals surface area contributed by atoms with Crippen LogP contribution in [0.4, 0.5) is 0 Å². The van der Waals surface area contributed by atoms with Gasteiger partial charge in [0.2, 0.25) is 5.78 Å². The highest BCUT2D eigenvalue weighted by atomic mass is 16.5. The minimum atomic E-state index is -0.0462. The van der Waals surface area contributed by atoms with Gasteiger partial charge in [0.15, 0.2) is 0 Å². The van der Waals surface area contributed by atoms with Gasteiger partial charge in [-0.3, -0.25) is 9.78 Å². The zero-order valence-corrected chi connectivity index (χ0v) is 22.2. The molecule has 1 aromatic carbocycles. The average molecular weight is 518 g/mol. The molecule has 2 N–H and O–H groups in total. The molecule has 9 nitrogen and oxygen atoms in total. The SMILES string of the molecule is COc1cc2nc(C)ccc2cc1-c1cnc([C@H](CCCCCC(=O)c2ncco2)NC2CC(OC)C2)[nH]1. The van der Waals surface area contributed by atoms with Gasteiger partial charge in [-0.05, 0) is 44.7 Å². The maximum absolute atomic E-state index is 12.2. The third-order valence-electron chi connectivity index (χ3n) is 7.30. The Morgan fingerprint density at radius 3 is 2.82 bits per heavy atom. The fourth-order valence-electron chi connectivity index (χ4n) is 5.04. The first-order chi connectivity index (χ1) is 18.5. The van der Waals surface area contributed by atoms with Gasteiger partial charge in [-0.2, -0.15) is 0 Å². The second-order valence-electron chi connectivity index (χ2n) is 9.98. The Morgan fingerprint density at radius 1 is 1.18 bits per heavy atom. The van der Waals surface area contributed by atoms with E-state index in [1.54, 1.807) is 14.2 Å². The number of nitrogens with zero attached hydrogens (tertiary/aromatic N) is 3. The molecule has 4 aromatic rings. The zero-order valence-electron chi connectivity index (χ0n) is 22.2. The van der Waals surface area contributed by atoms with E-state index in [0.717, 1.165) is 78.0 Å². The third kappa shape index (κ3) is 5.95. The summed E-state index contributed by atoms with van der Waals surface area (Å²) in [7, 11) is 3.45. The number of ketones is 1. The Hall–Kier alpha value is -3.56. The van der Waals surface area contributed by atoms with Crippen LogP contribution in [0.3, 0.4) is 0 Å². The lowest BCUT2D eigenvalue weighted by Gasteiger charge is -2.37. The third-order valence-corrected chi connectivity index (χ3v) is 7.30. The Morgan fingerprint density at radius 2 is 2.05 bits per heavy atom. The molecule has 5 rings (SSSR count). The number of carbonyl (C=O) groups excluding carboxylic acids is 1. The van der Waals surface area contributed by atoms with Crippen molar-refractivity contribution in [2.24, 2.45) is 0 Å². The van der Waals surface area contributed by atoms with Gasteiger partial charge >= 0.3 is 0 Å². The molecule has 0 amide bonds. The number of pyridine rings is 1. The molecule has 0 unspecified atom stereocenters. The van der Waals surface area contributed by atoms with Crippen LogP contribution in [0.25, 0.3) is 22.2 Å². The van der Waals surface area contributed by atoms with Crippen molar-refractivity contribution in [1.82, 2.24) is 25.3 Å². The smallest absolute Gasteiger partial charge is 0.263 e. The second kappa shape index (κ2) is 11.9. The summed E-state index contributed by atoms with van der Waals surface area (Å²) in [5.41, 5.74) is 3.74. The number of aryl methyl sites for hydroxylation is 1. The van der Waals surface area contributed by atoms with Gasteiger partial charge in [0.1, 0.15) is 17.8 Å². The van der Waals surface area contributed by atoms with Gasteiger partial charge in [0.05, 0.1) is 42.9 Å². The van der Waals surface area contributed by atoms with E-state index in [-0.39, 0.29) is 17.7 Å². The molecule has 3 aromatic heterocycles. The predicted molar refractivity (Wildman–Crippen MR) is 144 cm³/mol. The molecule has 9 heteroatoms. The summed E-state index contributed by atoms with van der Waals surface area (Å²) in [6.07, 6.45) is 11.2. The minimum absolute atomic E-state index is 0.0462. The molecule has 38 heavy (non-hydrogen) atoms. The molecule has 0 spiro atoms. The van der Waals surface area contributed by atoms with Crippen molar-refractivity contribution < 1.29 is 18.7 Å². The summed E-state index contributed by atoms with van der Waals surface area (Å²) in [6.45, 7) is 1.99. The van der Waals surface area contributed by atoms with E-state index in [1.165, 1.54) is 12.5 Å². The number of carbonyl (C=O) groups is 1. The van der Waals surface area contributed by atoms with Crippen molar-refractivity contribution in [3.63, 3.8) is 0 Å².